The van der Waals surface area contributed by atoms with Gasteiger partial charge in [-0.05, 0) is 19.1 Å². The fraction of sp³-hybridized carbons (Fsp3) is 0.222. The van der Waals surface area contributed by atoms with Gasteiger partial charge in [-0.3, -0.25) is 0 Å². The summed E-state index contributed by atoms with van der Waals surface area (Å²) in [6.07, 6.45) is -0.515. The van der Waals surface area contributed by atoms with Gasteiger partial charge in [-0.25, -0.2) is 13.2 Å². The van der Waals surface area contributed by atoms with Crippen molar-refractivity contribution in [1.82, 2.24) is 0 Å². The van der Waals surface area contributed by atoms with Crippen LogP contribution >= 0.6 is 0 Å². The Hall–Kier alpha value is -0.990. The van der Waals surface area contributed by atoms with E-state index in [1.807, 2.05) is 0 Å². The van der Waals surface area contributed by atoms with E-state index in [1.54, 1.807) is 0 Å². The summed E-state index contributed by atoms with van der Waals surface area (Å²) < 4.78 is 38.0. The lowest BCUT2D eigenvalue weighted by atomic mass is 10.1. The average Bonchev–Trinajstić information content (AvgIpc) is 2.05. The Balaban J connectivity index is 2.96. The number of benzene rings is 1. The molecule has 0 aliphatic heterocycles. The molecule has 0 heterocycles. The van der Waals surface area contributed by atoms with Crippen LogP contribution in [-0.2, 0) is 5.92 Å². The molecule has 0 aliphatic rings. The Morgan fingerprint density at radius 3 is 2.08 bits per heavy atom. The van der Waals surface area contributed by atoms with Crippen LogP contribution in [0.4, 0.5) is 13.2 Å². The lowest BCUT2D eigenvalue weighted by Gasteiger charge is -2.13. The van der Waals surface area contributed by atoms with E-state index in [1.165, 1.54) is 0 Å². The first-order chi connectivity index (χ1) is 5.56. The van der Waals surface area contributed by atoms with Crippen LogP contribution in [0.1, 0.15) is 12.0 Å². The second-order valence-corrected chi connectivity index (χ2v) is 2.46. The van der Waals surface area contributed by atoms with Crippen molar-refractivity contribution >= 4 is 0 Å². The fourth-order valence-corrected chi connectivity index (χ4v) is 0.838. The van der Waals surface area contributed by atoms with Gasteiger partial charge in [0.2, 0.25) is 0 Å². The molecule has 0 saturated heterocycles. The van der Waals surface area contributed by atoms with Crippen molar-refractivity contribution < 1.29 is 13.2 Å². The molecule has 0 aromatic heterocycles. The van der Waals surface area contributed by atoms with Crippen molar-refractivity contribution in [3.63, 3.8) is 0 Å². The second-order valence-electron chi connectivity index (χ2n) is 2.46. The van der Waals surface area contributed by atoms with E-state index in [9.17, 15) is 13.2 Å². The molecule has 0 spiro atoms. The van der Waals surface area contributed by atoms with Gasteiger partial charge in [0.15, 0.2) is 0 Å². The smallest absolute Gasteiger partial charge is 0.207 e. The Labute approximate surface area is 69.0 Å². The first-order valence-corrected chi connectivity index (χ1v) is 3.49. The van der Waals surface area contributed by atoms with Crippen LogP contribution in [0.25, 0.3) is 0 Å². The zero-order chi connectivity index (χ0) is 9.19. The van der Waals surface area contributed by atoms with Gasteiger partial charge in [-0.2, -0.15) is 0 Å². The maximum Gasteiger partial charge on any atom is 0.273 e. The summed E-state index contributed by atoms with van der Waals surface area (Å²) in [6.45, 7) is 3.11. The van der Waals surface area contributed by atoms with Crippen molar-refractivity contribution in [3.8, 4) is 0 Å². The summed E-state index contributed by atoms with van der Waals surface area (Å²) in [6, 6.07) is 4.17. The van der Waals surface area contributed by atoms with E-state index < -0.39 is 18.2 Å². The molecular weight excluding hydrogens is 165 g/mol. The highest BCUT2D eigenvalue weighted by atomic mass is 19.3. The Kier molecular flexibility index (Phi) is 2.40. The third kappa shape index (κ3) is 1.78. The van der Waals surface area contributed by atoms with Gasteiger partial charge in [0.05, 0.1) is 0 Å². The highest BCUT2D eigenvalue weighted by molar-refractivity contribution is 5.20. The Bertz CT molecular complexity index is 251. The standard InChI is InChI=1S/C9H8F3/c1-2-9(11,12)7-3-5-8(10)6-4-7/h3-6H,1-2H2. The minimum atomic E-state index is -2.95. The summed E-state index contributed by atoms with van der Waals surface area (Å²) in [5, 5.41) is 0. The molecule has 0 saturated carbocycles. The van der Waals surface area contributed by atoms with Gasteiger partial charge in [0.1, 0.15) is 5.82 Å². The average molecular weight is 173 g/mol. The van der Waals surface area contributed by atoms with Crippen LogP contribution in [0.2, 0.25) is 0 Å². The van der Waals surface area contributed by atoms with Crippen molar-refractivity contribution in [2.24, 2.45) is 0 Å². The zero-order valence-corrected chi connectivity index (χ0v) is 6.36. The highest BCUT2D eigenvalue weighted by Gasteiger charge is 2.28. The monoisotopic (exact) mass is 173 g/mol. The van der Waals surface area contributed by atoms with Gasteiger partial charge in [0.25, 0.3) is 5.92 Å². The number of halogens is 3. The maximum absolute atomic E-state index is 12.8. The molecule has 12 heavy (non-hydrogen) atoms. The van der Waals surface area contributed by atoms with Gasteiger partial charge in [-0.1, -0.05) is 12.1 Å². The van der Waals surface area contributed by atoms with Crippen LogP contribution in [0.15, 0.2) is 24.3 Å². The van der Waals surface area contributed by atoms with Crippen LogP contribution in [-0.4, -0.2) is 0 Å². The molecule has 3 heteroatoms. The predicted molar refractivity (Wildman–Crippen MR) is 40.3 cm³/mol. The number of alkyl halides is 2. The molecule has 0 aliphatic carbocycles. The predicted octanol–water partition coefficient (Wildman–Crippen LogP) is 3.14. The molecule has 0 unspecified atom stereocenters. The minimum Gasteiger partial charge on any atom is -0.207 e. The minimum absolute atomic E-state index is 0.195. The maximum atomic E-state index is 12.8. The Morgan fingerprint density at radius 2 is 1.67 bits per heavy atom. The van der Waals surface area contributed by atoms with Gasteiger partial charge in [0, 0.05) is 12.0 Å². The summed E-state index contributed by atoms with van der Waals surface area (Å²) >= 11 is 0. The van der Waals surface area contributed by atoms with E-state index in [0.29, 0.717) is 0 Å². The van der Waals surface area contributed by atoms with Crippen molar-refractivity contribution in [2.75, 3.05) is 0 Å². The zero-order valence-electron chi connectivity index (χ0n) is 6.36. The number of hydrogen-bond donors (Lipinski definition) is 0. The second kappa shape index (κ2) is 3.17. The molecule has 1 radical (unpaired) electrons. The van der Waals surface area contributed by atoms with Gasteiger partial charge >= 0.3 is 0 Å². The van der Waals surface area contributed by atoms with E-state index in [2.05, 4.69) is 6.92 Å². The molecule has 0 N–H and O–H groups in total. The van der Waals surface area contributed by atoms with Crippen molar-refractivity contribution in [1.29, 1.82) is 0 Å². The number of hydrogen-bond acceptors (Lipinski definition) is 0. The molecule has 0 atom stereocenters. The molecule has 0 nitrogen and oxygen atoms in total. The molecule has 0 fully saturated rings. The molecule has 0 bridgehead atoms. The van der Waals surface area contributed by atoms with E-state index in [-0.39, 0.29) is 5.56 Å². The quantitative estimate of drug-likeness (QED) is 0.644. The first kappa shape index (κ1) is 9.10. The SMILES string of the molecule is [CH2]CC(F)(F)c1ccc(F)cc1. The molecule has 65 valence electrons. The molecule has 0 amide bonds. The summed E-state index contributed by atoms with van der Waals surface area (Å²) in [5.74, 6) is -3.47. The molecule has 1 rings (SSSR count). The van der Waals surface area contributed by atoms with Crippen LogP contribution < -0.4 is 0 Å². The number of rotatable bonds is 2. The van der Waals surface area contributed by atoms with E-state index in [4.69, 9.17) is 0 Å². The lowest BCUT2D eigenvalue weighted by molar-refractivity contribution is -0.00174. The van der Waals surface area contributed by atoms with Gasteiger partial charge < -0.3 is 0 Å². The fourth-order valence-electron chi connectivity index (χ4n) is 0.838. The first-order valence-electron chi connectivity index (χ1n) is 3.49. The lowest BCUT2D eigenvalue weighted by Crippen LogP contribution is -2.11. The van der Waals surface area contributed by atoms with Crippen LogP contribution in [0, 0.1) is 12.7 Å². The summed E-state index contributed by atoms with van der Waals surface area (Å²) in [5.41, 5.74) is -0.195. The van der Waals surface area contributed by atoms with Crippen molar-refractivity contribution in [2.45, 2.75) is 12.3 Å². The van der Waals surface area contributed by atoms with Crippen LogP contribution in [0.3, 0.4) is 0 Å². The highest BCUT2D eigenvalue weighted by Crippen LogP contribution is 2.30. The molecular formula is C9H8F3. The van der Waals surface area contributed by atoms with Gasteiger partial charge in [-0.15, -0.1) is 0 Å². The topological polar surface area (TPSA) is 0 Å². The summed E-state index contributed by atoms with van der Waals surface area (Å²) in [7, 11) is 0. The normalized spacial score (nSPS) is 11.7. The summed E-state index contributed by atoms with van der Waals surface area (Å²) in [4.78, 5) is 0. The van der Waals surface area contributed by atoms with Crippen LogP contribution in [0.5, 0.6) is 0 Å². The van der Waals surface area contributed by atoms with E-state index >= 15 is 0 Å². The molecule has 1 aromatic carbocycles. The third-order valence-electron chi connectivity index (χ3n) is 1.58. The largest absolute Gasteiger partial charge is 0.273 e. The third-order valence-corrected chi connectivity index (χ3v) is 1.58. The Morgan fingerprint density at radius 1 is 1.17 bits per heavy atom. The van der Waals surface area contributed by atoms with E-state index in [0.717, 1.165) is 24.3 Å². The molecule has 1 aromatic rings. The van der Waals surface area contributed by atoms with Crippen molar-refractivity contribution in [3.05, 3.63) is 42.6 Å².